The van der Waals surface area contributed by atoms with Gasteiger partial charge in [-0.25, -0.2) is 0 Å². The molecule has 0 aromatic heterocycles. The molecule has 2 fully saturated rings. The lowest BCUT2D eigenvalue weighted by atomic mass is 9.85. The van der Waals surface area contributed by atoms with E-state index < -0.39 is 0 Å². The lowest BCUT2D eigenvalue weighted by molar-refractivity contribution is 0.0154. The fourth-order valence-electron chi connectivity index (χ4n) is 2.97. The first-order chi connectivity index (χ1) is 7.71. The molecule has 2 rings (SSSR count). The average Bonchev–Trinajstić information content (AvgIpc) is 2.61. The van der Waals surface area contributed by atoms with Crippen molar-refractivity contribution in [2.45, 2.75) is 57.6 Å². The molecule has 0 aromatic carbocycles. The van der Waals surface area contributed by atoms with Crippen molar-refractivity contribution >= 4 is 0 Å². The zero-order chi connectivity index (χ0) is 11.4. The number of hydrogen-bond acceptors (Lipinski definition) is 3. The first-order valence-corrected chi connectivity index (χ1v) is 6.79. The average molecular weight is 226 g/mol. The summed E-state index contributed by atoms with van der Waals surface area (Å²) in [6, 6.07) is 0.382. The van der Waals surface area contributed by atoms with Crippen LogP contribution in [0.2, 0.25) is 0 Å². The van der Waals surface area contributed by atoms with Gasteiger partial charge in [0.2, 0.25) is 0 Å². The van der Waals surface area contributed by atoms with Crippen LogP contribution in [-0.2, 0) is 4.74 Å². The molecule has 3 unspecified atom stereocenters. The summed E-state index contributed by atoms with van der Waals surface area (Å²) in [5.74, 6) is 0. The maximum Gasteiger partial charge on any atom is 0.0699 e. The van der Waals surface area contributed by atoms with Crippen molar-refractivity contribution in [1.29, 1.82) is 0 Å². The van der Waals surface area contributed by atoms with Gasteiger partial charge < -0.3 is 15.8 Å². The molecule has 1 heterocycles. The van der Waals surface area contributed by atoms with Crippen LogP contribution < -0.4 is 11.1 Å². The molecule has 3 N–H and O–H groups in total. The van der Waals surface area contributed by atoms with E-state index in [0.29, 0.717) is 17.6 Å². The highest BCUT2D eigenvalue weighted by atomic mass is 16.5. The minimum absolute atomic E-state index is 0.314. The van der Waals surface area contributed by atoms with Gasteiger partial charge in [0.05, 0.1) is 6.10 Å². The molecule has 3 atom stereocenters. The molecular formula is C13H26N2O. The number of hydrogen-bond donors (Lipinski definition) is 2. The molecule has 16 heavy (non-hydrogen) atoms. The van der Waals surface area contributed by atoms with Crippen LogP contribution in [0.1, 0.15) is 45.4 Å². The molecule has 0 amide bonds. The predicted octanol–water partition coefficient (Wildman–Crippen LogP) is 1.66. The zero-order valence-electron chi connectivity index (χ0n) is 10.5. The maximum atomic E-state index is 6.16. The summed E-state index contributed by atoms with van der Waals surface area (Å²) in [7, 11) is 0. The second-order valence-electron chi connectivity index (χ2n) is 5.77. The predicted molar refractivity (Wildman–Crippen MR) is 66.4 cm³/mol. The Labute approximate surface area is 99.1 Å². The fourth-order valence-corrected chi connectivity index (χ4v) is 2.97. The van der Waals surface area contributed by atoms with Gasteiger partial charge in [-0.2, -0.15) is 0 Å². The Morgan fingerprint density at radius 1 is 1.31 bits per heavy atom. The summed E-state index contributed by atoms with van der Waals surface area (Å²) in [5.41, 5.74) is 6.48. The summed E-state index contributed by atoms with van der Waals surface area (Å²) >= 11 is 0. The van der Waals surface area contributed by atoms with Crippen LogP contribution in [0.4, 0.5) is 0 Å². The van der Waals surface area contributed by atoms with Crippen LogP contribution in [0.15, 0.2) is 0 Å². The molecule has 2 aliphatic rings. The van der Waals surface area contributed by atoms with Crippen molar-refractivity contribution in [3.05, 3.63) is 0 Å². The lowest BCUT2D eigenvalue weighted by Crippen LogP contribution is -2.44. The Kier molecular flexibility index (Phi) is 4.22. The molecule has 0 spiro atoms. The molecule has 0 radical (unpaired) electrons. The molecule has 94 valence electrons. The van der Waals surface area contributed by atoms with Gasteiger partial charge in [-0.3, -0.25) is 0 Å². The van der Waals surface area contributed by atoms with Crippen molar-refractivity contribution < 1.29 is 4.74 Å². The van der Waals surface area contributed by atoms with Crippen LogP contribution in [0.5, 0.6) is 0 Å². The van der Waals surface area contributed by atoms with E-state index in [1.54, 1.807) is 0 Å². The van der Waals surface area contributed by atoms with Gasteiger partial charge in [-0.15, -0.1) is 0 Å². The number of nitrogens with two attached hydrogens (primary N) is 1. The van der Waals surface area contributed by atoms with Gasteiger partial charge in [0.1, 0.15) is 0 Å². The molecule has 0 bridgehead atoms. The number of nitrogens with one attached hydrogen (secondary N) is 1. The van der Waals surface area contributed by atoms with E-state index in [-0.39, 0.29) is 0 Å². The Morgan fingerprint density at radius 3 is 2.81 bits per heavy atom. The smallest absolute Gasteiger partial charge is 0.0699 e. The van der Waals surface area contributed by atoms with E-state index >= 15 is 0 Å². The van der Waals surface area contributed by atoms with Gasteiger partial charge in [0.15, 0.2) is 0 Å². The van der Waals surface area contributed by atoms with Crippen molar-refractivity contribution in [3.8, 4) is 0 Å². The van der Waals surface area contributed by atoms with E-state index in [0.717, 1.165) is 19.7 Å². The largest absolute Gasteiger partial charge is 0.377 e. The van der Waals surface area contributed by atoms with Crippen molar-refractivity contribution in [3.63, 3.8) is 0 Å². The van der Waals surface area contributed by atoms with Crippen LogP contribution in [-0.4, -0.2) is 31.8 Å². The van der Waals surface area contributed by atoms with Gasteiger partial charge in [0, 0.05) is 25.7 Å². The highest BCUT2D eigenvalue weighted by Gasteiger charge is 2.35. The van der Waals surface area contributed by atoms with E-state index in [4.69, 9.17) is 10.5 Å². The molecule has 1 aliphatic carbocycles. The van der Waals surface area contributed by atoms with Gasteiger partial charge in [0.25, 0.3) is 0 Å². The van der Waals surface area contributed by atoms with Crippen LogP contribution in [0.3, 0.4) is 0 Å². The third-order valence-electron chi connectivity index (χ3n) is 4.33. The first kappa shape index (κ1) is 12.3. The minimum atomic E-state index is 0.314. The molecular weight excluding hydrogens is 200 g/mol. The summed E-state index contributed by atoms with van der Waals surface area (Å²) in [5, 5.41) is 3.56. The molecule has 1 aliphatic heterocycles. The Bertz CT molecular complexity index is 216. The highest BCUT2D eigenvalue weighted by Crippen LogP contribution is 2.35. The van der Waals surface area contributed by atoms with E-state index in [9.17, 15) is 0 Å². The molecule has 1 saturated carbocycles. The van der Waals surface area contributed by atoms with Gasteiger partial charge in [-0.05, 0) is 37.5 Å². The summed E-state index contributed by atoms with van der Waals surface area (Å²) < 4.78 is 5.71. The zero-order valence-corrected chi connectivity index (χ0v) is 10.5. The summed E-state index contributed by atoms with van der Waals surface area (Å²) in [6.07, 6.45) is 7.97. The lowest BCUT2D eigenvalue weighted by Gasteiger charge is -2.31. The van der Waals surface area contributed by atoms with Crippen LogP contribution >= 0.6 is 0 Å². The normalized spacial score (nSPS) is 40.1. The standard InChI is InChI=1S/C13H26N2O/c1-13(7-4-6-12(13)14)10-15-9-11-5-2-3-8-16-11/h11-12,15H,2-10,14H2,1H3. The topological polar surface area (TPSA) is 47.3 Å². The summed E-state index contributed by atoms with van der Waals surface area (Å²) in [6.45, 7) is 5.32. The number of ether oxygens (including phenoxy) is 1. The third-order valence-corrected chi connectivity index (χ3v) is 4.33. The van der Waals surface area contributed by atoms with Gasteiger partial charge >= 0.3 is 0 Å². The fraction of sp³-hybridized carbons (Fsp3) is 1.00. The number of rotatable bonds is 4. The molecule has 1 saturated heterocycles. The monoisotopic (exact) mass is 226 g/mol. The van der Waals surface area contributed by atoms with E-state index in [1.807, 2.05) is 0 Å². The van der Waals surface area contributed by atoms with E-state index in [1.165, 1.54) is 38.5 Å². The second-order valence-corrected chi connectivity index (χ2v) is 5.77. The van der Waals surface area contributed by atoms with Crippen LogP contribution in [0, 0.1) is 5.41 Å². The maximum absolute atomic E-state index is 6.16. The van der Waals surface area contributed by atoms with Crippen molar-refractivity contribution in [2.75, 3.05) is 19.7 Å². The third kappa shape index (κ3) is 2.96. The second kappa shape index (κ2) is 5.48. The van der Waals surface area contributed by atoms with Crippen molar-refractivity contribution in [2.24, 2.45) is 11.1 Å². The molecule has 0 aromatic rings. The van der Waals surface area contributed by atoms with Gasteiger partial charge in [-0.1, -0.05) is 13.3 Å². The molecule has 3 heteroatoms. The van der Waals surface area contributed by atoms with Crippen LogP contribution in [0.25, 0.3) is 0 Å². The minimum Gasteiger partial charge on any atom is -0.377 e. The molecule has 3 nitrogen and oxygen atoms in total. The first-order valence-electron chi connectivity index (χ1n) is 6.79. The highest BCUT2D eigenvalue weighted by molar-refractivity contribution is 4.93. The van der Waals surface area contributed by atoms with E-state index in [2.05, 4.69) is 12.2 Å². The quantitative estimate of drug-likeness (QED) is 0.766. The van der Waals surface area contributed by atoms with Crippen molar-refractivity contribution in [1.82, 2.24) is 5.32 Å². The Hall–Kier alpha value is -0.120. The Morgan fingerprint density at radius 2 is 2.19 bits per heavy atom. The SMILES string of the molecule is CC1(CNCC2CCCCO2)CCCC1N. The summed E-state index contributed by atoms with van der Waals surface area (Å²) in [4.78, 5) is 0. The Balaban J connectivity index is 1.66.